The third-order valence-corrected chi connectivity index (χ3v) is 3.62. The van der Waals surface area contributed by atoms with Crippen molar-refractivity contribution in [3.05, 3.63) is 0 Å². The highest BCUT2D eigenvalue weighted by Crippen LogP contribution is 2.65. The van der Waals surface area contributed by atoms with Gasteiger partial charge in [0.2, 0.25) is 0 Å². The van der Waals surface area contributed by atoms with Crippen LogP contribution in [0.3, 0.4) is 0 Å². The van der Waals surface area contributed by atoms with E-state index in [0.717, 1.165) is 7.11 Å². The molecule has 2 rings (SSSR count). The molecule has 0 aromatic heterocycles. The van der Waals surface area contributed by atoms with Gasteiger partial charge in [-0.3, -0.25) is 0 Å². The molecule has 0 radical (unpaired) electrons. The van der Waals surface area contributed by atoms with Crippen LogP contribution >= 0.6 is 0 Å². The van der Waals surface area contributed by atoms with Crippen molar-refractivity contribution < 1.29 is 17.9 Å². The first-order valence-electron chi connectivity index (χ1n) is 4.70. The highest BCUT2D eigenvalue weighted by atomic mass is 19.4. The average Bonchev–Trinajstić information content (AvgIpc) is 1.90. The monoisotopic (exact) mass is 209 g/mol. The summed E-state index contributed by atoms with van der Waals surface area (Å²) in [5, 5.41) is 0. The molecule has 1 spiro atoms. The molecule has 14 heavy (non-hydrogen) atoms. The molecule has 0 heterocycles. The van der Waals surface area contributed by atoms with Gasteiger partial charge < -0.3 is 10.5 Å². The van der Waals surface area contributed by atoms with Crippen molar-refractivity contribution in [2.45, 2.75) is 43.5 Å². The molecule has 82 valence electrons. The summed E-state index contributed by atoms with van der Waals surface area (Å²) >= 11 is 0. The fourth-order valence-electron chi connectivity index (χ4n) is 2.96. The van der Waals surface area contributed by atoms with Gasteiger partial charge in [0, 0.05) is 13.2 Å². The van der Waals surface area contributed by atoms with Crippen molar-refractivity contribution in [3.8, 4) is 0 Å². The largest absolute Gasteiger partial charge is 0.417 e. The maximum absolute atomic E-state index is 12.6. The lowest BCUT2D eigenvalue weighted by Gasteiger charge is -2.62. The van der Waals surface area contributed by atoms with E-state index >= 15 is 0 Å². The highest BCUT2D eigenvalue weighted by molar-refractivity contribution is 5.15. The number of ether oxygens (including phenoxy) is 1. The Kier molecular flexibility index (Phi) is 1.93. The summed E-state index contributed by atoms with van der Waals surface area (Å²) < 4.78 is 42.4. The van der Waals surface area contributed by atoms with Crippen LogP contribution in [0.15, 0.2) is 0 Å². The minimum absolute atomic E-state index is 0.0910. The van der Waals surface area contributed by atoms with E-state index in [1.165, 1.54) is 0 Å². The van der Waals surface area contributed by atoms with E-state index in [4.69, 9.17) is 5.73 Å². The van der Waals surface area contributed by atoms with Gasteiger partial charge in [0.05, 0.1) is 0 Å². The van der Waals surface area contributed by atoms with Crippen LogP contribution in [-0.4, -0.2) is 24.9 Å². The van der Waals surface area contributed by atoms with E-state index in [-0.39, 0.29) is 24.3 Å². The smallest absolute Gasteiger partial charge is 0.369 e. The lowest BCUT2D eigenvalue weighted by Crippen LogP contribution is -2.67. The van der Waals surface area contributed by atoms with Crippen LogP contribution < -0.4 is 5.73 Å². The summed E-state index contributed by atoms with van der Waals surface area (Å²) in [5.41, 5.74) is 3.54. The number of methoxy groups -OCH3 is 1. The Balaban J connectivity index is 2.02. The summed E-state index contributed by atoms with van der Waals surface area (Å²) in [5.74, 6) is 0. The van der Waals surface area contributed by atoms with Crippen LogP contribution in [0.4, 0.5) is 13.2 Å². The predicted molar refractivity (Wildman–Crippen MR) is 44.7 cm³/mol. The molecule has 0 bridgehead atoms. The van der Waals surface area contributed by atoms with Gasteiger partial charge in [-0.15, -0.1) is 0 Å². The average molecular weight is 209 g/mol. The molecular formula is C9H14F3NO. The summed E-state index contributed by atoms with van der Waals surface area (Å²) in [4.78, 5) is 0. The maximum Gasteiger partial charge on any atom is 0.417 e. The van der Waals surface area contributed by atoms with Gasteiger partial charge in [0.1, 0.15) is 0 Å². The molecular weight excluding hydrogens is 195 g/mol. The summed E-state index contributed by atoms with van der Waals surface area (Å²) in [6, 6.07) is 0.0955. The van der Waals surface area contributed by atoms with Crippen LogP contribution in [-0.2, 0) is 4.74 Å². The first-order chi connectivity index (χ1) is 6.33. The normalized spacial score (nSPS) is 47.4. The Labute approximate surface area is 80.6 Å². The Morgan fingerprint density at radius 2 is 1.79 bits per heavy atom. The van der Waals surface area contributed by atoms with Gasteiger partial charge in [-0.05, 0) is 31.1 Å². The van der Waals surface area contributed by atoms with Gasteiger partial charge in [-0.1, -0.05) is 0 Å². The molecule has 0 aromatic carbocycles. The van der Waals surface area contributed by atoms with Crippen LogP contribution in [0.25, 0.3) is 0 Å². The third-order valence-electron chi connectivity index (χ3n) is 3.62. The molecule has 0 aromatic rings. The van der Waals surface area contributed by atoms with E-state index in [0.29, 0.717) is 12.8 Å². The number of halogens is 3. The summed E-state index contributed by atoms with van der Waals surface area (Å²) in [7, 11) is 1.14. The Morgan fingerprint density at radius 1 is 1.29 bits per heavy atom. The van der Waals surface area contributed by atoms with Gasteiger partial charge in [0.15, 0.2) is 5.60 Å². The van der Waals surface area contributed by atoms with Gasteiger partial charge in [-0.25, -0.2) is 0 Å². The van der Waals surface area contributed by atoms with Gasteiger partial charge in [-0.2, -0.15) is 13.2 Å². The number of nitrogens with two attached hydrogens (primary N) is 1. The molecule has 0 saturated heterocycles. The Morgan fingerprint density at radius 3 is 2.07 bits per heavy atom. The topological polar surface area (TPSA) is 35.2 Å². The van der Waals surface area contributed by atoms with E-state index in [9.17, 15) is 13.2 Å². The van der Waals surface area contributed by atoms with Crippen molar-refractivity contribution in [2.24, 2.45) is 11.1 Å². The molecule has 0 unspecified atom stereocenters. The Bertz CT molecular complexity index is 237. The van der Waals surface area contributed by atoms with Crippen molar-refractivity contribution in [2.75, 3.05) is 7.11 Å². The van der Waals surface area contributed by atoms with Crippen molar-refractivity contribution >= 4 is 0 Å². The molecule has 2 saturated carbocycles. The number of rotatable bonds is 1. The van der Waals surface area contributed by atoms with E-state index < -0.39 is 11.8 Å². The predicted octanol–water partition coefficient (Wildman–Crippen LogP) is 1.84. The third kappa shape index (κ3) is 1.18. The number of alkyl halides is 3. The maximum atomic E-state index is 12.6. The zero-order valence-corrected chi connectivity index (χ0v) is 8.03. The van der Waals surface area contributed by atoms with Crippen LogP contribution in [0, 0.1) is 5.41 Å². The standard InChI is InChI=1S/C9H14F3NO/c1-14-8(9(10,11)12)4-7(5-8)2-6(13)3-7/h6H,2-5,13H2,1H3. The van der Waals surface area contributed by atoms with Gasteiger partial charge >= 0.3 is 6.18 Å². The first kappa shape index (κ1) is 10.2. The Hall–Kier alpha value is -0.290. The molecule has 2 nitrogen and oxygen atoms in total. The zero-order chi connectivity index (χ0) is 10.6. The fourth-order valence-corrected chi connectivity index (χ4v) is 2.96. The van der Waals surface area contributed by atoms with Crippen molar-refractivity contribution in [3.63, 3.8) is 0 Å². The molecule has 2 aliphatic carbocycles. The fraction of sp³-hybridized carbons (Fsp3) is 1.00. The van der Waals surface area contributed by atoms with E-state index in [1.807, 2.05) is 0 Å². The number of hydrogen-bond acceptors (Lipinski definition) is 2. The van der Waals surface area contributed by atoms with Gasteiger partial charge in [0.25, 0.3) is 0 Å². The van der Waals surface area contributed by atoms with E-state index in [1.54, 1.807) is 0 Å². The second kappa shape index (κ2) is 2.64. The van der Waals surface area contributed by atoms with Crippen LogP contribution in [0.2, 0.25) is 0 Å². The lowest BCUT2D eigenvalue weighted by molar-refractivity contribution is -0.336. The number of hydrogen-bond donors (Lipinski definition) is 1. The minimum Gasteiger partial charge on any atom is -0.369 e. The van der Waals surface area contributed by atoms with E-state index in [2.05, 4.69) is 4.74 Å². The molecule has 0 amide bonds. The van der Waals surface area contributed by atoms with Crippen LogP contribution in [0.1, 0.15) is 25.7 Å². The van der Waals surface area contributed by atoms with Crippen molar-refractivity contribution in [1.29, 1.82) is 0 Å². The second-order valence-corrected chi connectivity index (χ2v) is 4.72. The summed E-state index contributed by atoms with van der Waals surface area (Å²) in [6.07, 6.45) is -2.63. The second-order valence-electron chi connectivity index (χ2n) is 4.72. The molecule has 2 N–H and O–H groups in total. The SMILES string of the molecule is COC1(C(F)(F)F)CC2(CC(N)C2)C1. The molecule has 2 fully saturated rings. The quantitative estimate of drug-likeness (QED) is 0.715. The lowest BCUT2D eigenvalue weighted by atomic mass is 9.48. The van der Waals surface area contributed by atoms with Crippen molar-refractivity contribution in [1.82, 2.24) is 0 Å². The zero-order valence-electron chi connectivity index (χ0n) is 8.03. The molecule has 2 aliphatic rings. The molecule has 5 heteroatoms. The highest BCUT2D eigenvalue weighted by Gasteiger charge is 2.70. The molecule has 0 aliphatic heterocycles. The summed E-state index contributed by atoms with van der Waals surface area (Å²) in [6.45, 7) is 0. The molecule has 0 atom stereocenters. The first-order valence-corrected chi connectivity index (χ1v) is 4.70. The van der Waals surface area contributed by atoms with Crippen LogP contribution in [0.5, 0.6) is 0 Å². The minimum atomic E-state index is -4.24.